The summed E-state index contributed by atoms with van der Waals surface area (Å²) >= 11 is 0. The van der Waals surface area contributed by atoms with Crippen molar-refractivity contribution in [1.29, 1.82) is 0 Å². The molecule has 0 saturated heterocycles. The first-order chi connectivity index (χ1) is 11.7. The van der Waals surface area contributed by atoms with E-state index in [1.54, 1.807) is 6.92 Å². The molecule has 0 amide bonds. The minimum absolute atomic E-state index is 0.683. The molecule has 24 heavy (non-hydrogen) atoms. The van der Waals surface area contributed by atoms with E-state index in [0.717, 1.165) is 27.9 Å². The second-order valence-corrected chi connectivity index (χ2v) is 5.66. The van der Waals surface area contributed by atoms with Gasteiger partial charge in [-0.05, 0) is 18.1 Å². The van der Waals surface area contributed by atoms with Crippen LogP contribution in [0.25, 0.3) is 22.3 Å². The summed E-state index contributed by atoms with van der Waals surface area (Å²) in [5.74, 6) is -0.878. The van der Waals surface area contributed by atoms with Crippen molar-refractivity contribution >= 4 is 11.7 Å². The number of nitrogens with one attached hydrogen (secondary N) is 1. The number of benzene rings is 3. The Hall–Kier alpha value is -3.07. The Morgan fingerprint density at radius 2 is 1.25 bits per heavy atom. The average Bonchev–Trinajstić information content (AvgIpc) is 2.63. The van der Waals surface area contributed by atoms with Gasteiger partial charge in [0.2, 0.25) is 0 Å². The van der Waals surface area contributed by atoms with E-state index in [1.165, 1.54) is 0 Å². The van der Waals surface area contributed by atoms with Crippen LogP contribution in [0.4, 0.5) is 5.69 Å². The van der Waals surface area contributed by atoms with Crippen LogP contribution in [-0.2, 0) is 4.79 Å². The molecular formula is C21H19NO2. The van der Waals surface area contributed by atoms with Gasteiger partial charge in [0.15, 0.2) is 0 Å². The second kappa shape index (κ2) is 7.01. The molecule has 0 aliphatic carbocycles. The van der Waals surface area contributed by atoms with Crippen LogP contribution in [-0.4, -0.2) is 17.1 Å². The third-order valence-corrected chi connectivity index (χ3v) is 3.97. The van der Waals surface area contributed by atoms with Crippen molar-refractivity contribution < 1.29 is 9.90 Å². The van der Waals surface area contributed by atoms with Crippen molar-refractivity contribution in [3.05, 3.63) is 78.9 Å². The van der Waals surface area contributed by atoms with Gasteiger partial charge in [0.1, 0.15) is 6.04 Å². The third kappa shape index (κ3) is 3.30. The average molecular weight is 317 g/mol. The van der Waals surface area contributed by atoms with E-state index in [4.69, 9.17) is 0 Å². The number of carbonyl (C=O) groups is 1. The van der Waals surface area contributed by atoms with Crippen LogP contribution in [0.2, 0.25) is 0 Å². The molecule has 0 fully saturated rings. The minimum atomic E-state index is -0.878. The largest absolute Gasteiger partial charge is 0.480 e. The first kappa shape index (κ1) is 15.8. The number of rotatable bonds is 5. The fourth-order valence-electron chi connectivity index (χ4n) is 2.70. The Bertz CT molecular complexity index is 771. The second-order valence-electron chi connectivity index (χ2n) is 5.66. The fourth-order valence-corrected chi connectivity index (χ4v) is 2.70. The maximum Gasteiger partial charge on any atom is 0.325 e. The third-order valence-electron chi connectivity index (χ3n) is 3.97. The molecule has 0 aromatic heterocycles. The lowest BCUT2D eigenvalue weighted by atomic mass is 9.95. The van der Waals surface area contributed by atoms with Crippen LogP contribution in [0.1, 0.15) is 6.92 Å². The molecule has 0 aliphatic heterocycles. The van der Waals surface area contributed by atoms with Gasteiger partial charge < -0.3 is 10.4 Å². The van der Waals surface area contributed by atoms with Crippen molar-refractivity contribution in [2.24, 2.45) is 0 Å². The molecule has 0 spiro atoms. The van der Waals surface area contributed by atoms with Gasteiger partial charge in [-0.25, -0.2) is 0 Å². The van der Waals surface area contributed by atoms with E-state index < -0.39 is 12.0 Å². The molecule has 0 aliphatic rings. The SMILES string of the molecule is CC(Nc1c(-c2ccccc2)cccc1-c1ccccc1)C(=O)O. The van der Waals surface area contributed by atoms with Crippen molar-refractivity contribution in [1.82, 2.24) is 0 Å². The van der Waals surface area contributed by atoms with Gasteiger partial charge in [0, 0.05) is 11.1 Å². The highest BCUT2D eigenvalue weighted by molar-refractivity contribution is 5.92. The lowest BCUT2D eigenvalue weighted by Crippen LogP contribution is -2.26. The lowest BCUT2D eigenvalue weighted by molar-refractivity contribution is -0.137. The van der Waals surface area contributed by atoms with Crippen LogP contribution >= 0.6 is 0 Å². The molecule has 0 bridgehead atoms. The molecule has 0 saturated carbocycles. The zero-order chi connectivity index (χ0) is 16.9. The number of anilines is 1. The number of para-hydroxylation sites is 1. The standard InChI is InChI=1S/C21H19NO2/c1-15(21(23)24)22-20-18(16-9-4-2-5-10-16)13-8-14-19(20)17-11-6-3-7-12-17/h2-15,22H,1H3,(H,23,24). The van der Waals surface area contributed by atoms with E-state index in [9.17, 15) is 9.90 Å². The summed E-state index contributed by atoms with van der Waals surface area (Å²) in [7, 11) is 0. The summed E-state index contributed by atoms with van der Waals surface area (Å²) in [6, 6.07) is 25.3. The predicted molar refractivity (Wildman–Crippen MR) is 98.0 cm³/mol. The van der Waals surface area contributed by atoms with Gasteiger partial charge >= 0.3 is 5.97 Å². The highest BCUT2D eigenvalue weighted by Gasteiger charge is 2.17. The van der Waals surface area contributed by atoms with E-state index >= 15 is 0 Å². The smallest absolute Gasteiger partial charge is 0.325 e. The van der Waals surface area contributed by atoms with Crippen LogP contribution < -0.4 is 5.32 Å². The molecule has 1 unspecified atom stereocenters. The molecule has 2 N–H and O–H groups in total. The van der Waals surface area contributed by atoms with Crippen molar-refractivity contribution in [3.8, 4) is 22.3 Å². The van der Waals surface area contributed by atoms with E-state index in [2.05, 4.69) is 5.32 Å². The number of hydrogen-bond donors (Lipinski definition) is 2. The number of carboxylic acid groups (broad SMARTS) is 1. The Kier molecular flexibility index (Phi) is 4.62. The molecule has 3 aromatic rings. The van der Waals surface area contributed by atoms with Gasteiger partial charge in [-0.2, -0.15) is 0 Å². The number of hydrogen-bond acceptors (Lipinski definition) is 2. The van der Waals surface area contributed by atoms with Crippen LogP contribution in [0, 0.1) is 0 Å². The topological polar surface area (TPSA) is 49.3 Å². The summed E-state index contributed by atoms with van der Waals surface area (Å²) in [4.78, 5) is 11.3. The molecule has 3 aromatic carbocycles. The minimum Gasteiger partial charge on any atom is -0.480 e. The summed E-state index contributed by atoms with van der Waals surface area (Å²) in [5, 5.41) is 12.5. The summed E-state index contributed by atoms with van der Waals surface area (Å²) in [6.45, 7) is 1.65. The molecule has 0 heterocycles. The quantitative estimate of drug-likeness (QED) is 0.703. The molecule has 120 valence electrons. The fraction of sp³-hybridized carbons (Fsp3) is 0.0952. The van der Waals surface area contributed by atoms with Gasteiger partial charge in [-0.3, -0.25) is 4.79 Å². The Morgan fingerprint density at radius 3 is 1.67 bits per heavy atom. The first-order valence-corrected chi connectivity index (χ1v) is 7.90. The molecule has 3 nitrogen and oxygen atoms in total. The van der Waals surface area contributed by atoms with Gasteiger partial charge in [-0.1, -0.05) is 78.9 Å². The van der Waals surface area contributed by atoms with E-state index in [1.807, 2.05) is 78.9 Å². The summed E-state index contributed by atoms with van der Waals surface area (Å²) in [6.07, 6.45) is 0. The van der Waals surface area contributed by atoms with Crippen molar-refractivity contribution in [2.45, 2.75) is 13.0 Å². The van der Waals surface area contributed by atoms with Gasteiger partial charge in [-0.15, -0.1) is 0 Å². The maximum atomic E-state index is 11.3. The van der Waals surface area contributed by atoms with Gasteiger partial charge in [0.25, 0.3) is 0 Å². The maximum absolute atomic E-state index is 11.3. The molecule has 0 radical (unpaired) electrons. The van der Waals surface area contributed by atoms with Crippen molar-refractivity contribution in [2.75, 3.05) is 5.32 Å². The zero-order valence-electron chi connectivity index (χ0n) is 13.4. The Balaban J connectivity index is 2.17. The van der Waals surface area contributed by atoms with Crippen LogP contribution in [0.15, 0.2) is 78.9 Å². The predicted octanol–water partition coefficient (Wildman–Crippen LogP) is 4.91. The van der Waals surface area contributed by atoms with Gasteiger partial charge in [0.05, 0.1) is 5.69 Å². The monoisotopic (exact) mass is 317 g/mol. The molecule has 3 rings (SSSR count). The van der Waals surface area contributed by atoms with E-state index in [-0.39, 0.29) is 0 Å². The lowest BCUT2D eigenvalue weighted by Gasteiger charge is -2.19. The highest BCUT2D eigenvalue weighted by Crippen LogP contribution is 2.37. The summed E-state index contributed by atoms with van der Waals surface area (Å²) < 4.78 is 0. The molecule has 1 atom stereocenters. The number of carboxylic acids is 1. The zero-order valence-corrected chi connectivity index (χ0v) is 13.4. The Labute approximate surface area is 141 Å². The van der Waals surface area contributed by atoms with Crippen LogP contribution in [0.3, 0.4) is 0 Å². The van der Waals surface area contributed by atoms with E-state index in [0.29, 0.717) is 0 Å². The van der Waals surface area contributed by atoms with Crippen LogP contribution in [0.5, 0.6) is 0 Å². The highest BCUT2D eigenvalue weighted by atomic mass is 16.4. The molecule has 3 heteroatoms. The first-order valence-electron chi connectivity index (χ1n) is 7.90. The normalized spacial score (nSPS) is 11.7. The molecular weight excluding hydrogens is 298 g/mol. The summed E-state index contributed by atoms with van der Waals surface area (Å²) in [5.41, 5.74) is 4.92. The Morgan fingerprint density at radius 1 is 0.792 bits per heavy atom. The van der Waals surface area contributed by atoms with Crippen molar-refractivity contribution in [3.63, 3.8) is 0 Å². The number of aliphatic carboxylic acids is 1.